The molecule has 0 saturated carbocycles. The van der Waals surface area contributed by atoms with E-state index in [2.05, 4.69) is 46.9 Å². The third kappa shape index (κ3) is 6.98. The molecule has 288 valence electrons. The Kier molecular flexibility index (Phi) is 10.2. The van der Waals surface area contributed by atoms with E-state index >= 15 is 0 Å². The molecule has 2 amide bonds. The van der Waals surface area contributed by atoms with E-state index in [1.54, 1.807) is 41.4 Å². The number of fused-ring (bicyclic) bond motifs is 3. The number of aromatic nitrogens is 2. The predicted octanol–water partition coefficient (Wildman–Crippen LogP) is 7.49. The quantitative estimate of drug-likeness (QED) is 0.171. The standard InChI is InChI=1S/C44H43N5O6.ClH/c1-29-22-34(27-47(29)40-25-42-41(54-28-55-42)24-38(40)44(52)48-26-33-6-4-3-5-31(33)21-30(48)2)43(51)49(35-7-10-37(50)11-8-35)36-9-12-39-32(23-36)13-14-46(39)16-15-45-17-19-53-20-18-45;/h3-14,22-25,27,30,50H,15-21,26,28H2,1-2H3;1H/t30-;/m1./s1. The van der Waals surface area contributed by atoms with Crippen molar-refractivity contribution in [3.05, 3.63) is 131 Å². The second-order valence-corrected chi connectivity index (χ2v) is 14.6. The molecular formula is C44H44ClN5O6. The topological polar surface area (TPSA) is 102 Å². The molecule has 0 radical (unpaired) electrons. The van der Waals surface area contributed by atoms with Gasteiger partial charge in [0.25, 0.3) is 11.8 Å². The molecular weight excluding hydrogens is 730 g/mol. The maximum absolute atomic E-state index is 14.8. The maximum atomic E-state index is 14.8. The molecule has 3 aliphatic rings. The average Bonchev–Trinajstić information content (AvgIpc) is 3.95. The molecule has 11 nitrogen and oxygen atoms in total. The molecule has 4 aromatic carbocycles. The van der Waals surface area contributed by atoms with Gasteiger partial charge in [-0.05, 0) is 92.1 Å². The summed E-state index contributed by atoms with van der Waals surface area (Å²) in [6, 6.07) is 28.5. The maximum Gasteiger partial charge on any atom is 0.264 e. The van der Waals surface area contributed by atoms with Gasteiger partial charge in [0.2, 0.25) is 6.79 Å². The zero-order chi connectivity index (χ0) is 37.6. The first-order valence-corrected chi connectivity index (χ1v) is 18.8. The van der Waals surface area contributed by atoms with Gasteiger partial charge in [-0.3, -0.25) is 19.4 Å². The molecule has 6 aromatic rings. The summed E-state index contributed by atoms with van der Waals surface area (Å²) in [4.78, 5) is 35.3. The van der Waals surface area contributed by atoms with Crippen LogP contribution < -0.4 is 14.4 Å². The predicted molar refractivity (Wildman–Crippen MR) is 217 cm³/mol. The Balaban J connectivity index is 0.00000441. The van der Waals surface area contributed by atoms with Crippen molar-refractivity contribution >= 4 is 46.5 Å². The minimum absolute atomic E-state index is 0. The van der Waals surface area contributed by atoms with Crippen molar-refractivity contribution in [1.29, 1.82) is 0 Å². The monoisotopic (exact) mass is 773 g/mol. The molecule has 3 aliphatic heterocycles. The Hall–Kier alpha value is -5.75. The molecule has 12 heteroatoms. The highest BCUT2D eigenvalue weighted by Crippen LogP contribution is 2.39. The van der Waals surface area contributed by atoms with Crippen LogP contribution in [0.1, 0.15) is 44.5 Å². The third-order valence-electron chi connectivity index (χ3n) is 11.1. The van der Waals surface area contributed by atoms with Gasteiger partial charge in [-0.2, -0.15) is 0 Å². The number of anilines is 2. The van der Waals surface area contributed by atoms with E-state index in [1.165, 1.54) is 5.56 Å². The van der Waals surface area contributed by atoms with Gasteiger partial charge in [0.05, 0.1) is 30.0 Å². The van der Waals surface area contributed by atoms with E-state index < -0.39 is 0 Å². The van der Waals surface area contributed by atoms with Crippen LogP contribution in [0.4, 0.5) is 11.4 Å². The summed E-state index contributed by atoms with van der Waals surface area (Å²) >= 11 is 0. The number of hydrogen-bond donors (Lipinski definition) is 1. The van der Waals surface area contributed by atoms with Crippen LogP contribution in [-0.2, 0) is 24.2 Å². The molecule has 1 N–H and O–H groups in total. The number of morpholine rings is 1. The number of carbonyl (C=O) groups excluding carboxylic acids is 2. The number of carbonyl (C=O) groups is 2. The van der Waals surface area contributed by atoms with Crippen LogP contribution in [0.25, 0.3) is 16.6 Å². The Labute approximate surface area is 331 Å². The van der Waals surface area contributed by atoms with Gasteiger partial charge in [-0.15, -0.1) is 12.4 Å². The van der Waals surface area contributed by atoms with E-state index in [4.69, 9.17) is 14.2 Å². The van der Waals surface area contributed by atoms with Gasteiger partial charge < -0.3 is 33.4 Å². The average molecular weight is 774 g/mol. The van der Waals surface area contributed by atoms with Crippen molar-refractivity contribution < 1.29 is 28.9 Å². The zero-order valence-corrected chi connectivity index (χ0v) is 32.2. The van der Waals surface area contributed by atoms with Crippen molar-refractivity contribution in [1.82, 2.24) is 18.9 Å². The molecule has 1 saturated heterocycles. The van der Waals surface area contributed by atoms with E-state index in [1.807, 2.05) is 52.8 Å². The minimum Gasteiger partial charge on any atom is -0.508 e. The smallest absolute Gasteiger partial charge is 0.264 e. The van der Waals surface area contributed by atoms with E-state index in [9.17, 15) is 14.7 Å². The minimum atomic E-state index is -0.256. The van der Waals surface area contributed by atoms with Gasteiger partial charge in [-0.25, -0.2) is 0 Å². The lowest BCUT2D eigenvalue weighted by molar-refractivity contribution is 0.0365. The molecule has 9 rings (SSSR count). The first-order chi connectivity index (χ1) is 26.8. The highest BCUT2D eigenvalue weighted by molar-refractivity contribution is 6.12. The summed E-state index contributed by atoms with van der Waals surface area (Å²) in [6.07, 6.45) is 4.65. The molecule has 0 aliphatic carbocycles. The molecule has 2 aromatic heterocycles. The number of rotatable bonds is 8. The summed E-state index contributed by atoms with van der Waals surface area (Å²) in [7, 11) is 0. The summed E-state index contributed by atoms with van der Waals surface area (Å²) < 4.78 is 21.2. The lowest BCUT2D eigenvalue weighted by Crippen LogP contribution is -2.42. The number of benzene rings is 4. The normalized spacial score (nSPS) is 16.4. The SMILES string of the molecule is Cc1cc(C(=O)N(c2ccc(O)cc2)c2ccc3c(ccn3CCN3CCOCC3)c2)cn1-c1cc2c(cc1C(=O)N1Cc3ccccc3C[C@H]1C)OCO2.Cl. The van der Waals surface area contributed by atoms with Crippen LogP contribution >= 0.6 is 12.4 Å². The van der Waals surface area contributed by atoms with Crippen molar-refractivity contribution in [3.63, 3.8) is 0 Å². The third-order valence-corrected chi connectivity index (χ3v) is 11.1. The Bertz CT molecular complexity index is 2420. The number of ether oxygens (including phenoxy) is 3. The first kappa shape index (κ1) is 37.2. The largest absolute Gasteiger partial charge is 0.508 e. The molecule has 5 heterocycles. The molecule has 1 atom stereocenters. The zero-order valence-electron chi connectivity index (χ0n) is 31.4. The van der Waals surface area contributed by atoms with E-state index in [0.29, 0.717) is 46.2 Å². The highest BCUT2D eigenvalue weighted by atomic mass is 35.5. The number of phenolic OH excluding ortho intramolecular Hbond substituents is 1. The fourth-order valence-corrected chi connectivity index (χ4v) is 8.07. The fourth-order valence-electron chi connectivity index (χ4n) is 8.07. The number of amides is 2. The number of aromatic hydroxyl groups is 1. The van der Waals surface area contributed by atoms with E-state index in [-0.39, 0.29) is 42.8 Å². The number of phenols is 1. The molecule has 0 bridgehead atoms. The number of nitrogens with zero attached hydrogens (tertiary/aromatic N) is 5. The number of hydrogen-bond acceptors (Lipinski definition) is 7. The van der Waals surface area contributed by atoms with Gasteiger partial charge in [0.15, 0.2) is 11.5 Å². The van der Waals surface area contributed by atoms with Crippen molar-refractivity contribution in [2.24, 2.45) is 0 Å². The molecule has 0 unspecified atom stereocenters. The summed E-state index contributed by atoms with van der Waals surface area (Å²) in [6.45, 7) is 9.77. The van der Waals surface area contributed by atoms with Crippen LogP contribution in [-0.4, -0.2) is 81.5 Å². The Morgan fingerprint density at radius 3 is 2.38 bits per heavy atom. The second kappa shape index (κ2) is 15.4. The Morgan fingerprint density at radius 2 is 1.59 bits per heavy atom. The van der Waals surface area contributed by atoms with Gasteiger partial charge in [0, 0.05) is 85.2 Å². The van der Waals surface area contributed by atoms with Gasteiger partial charge in [-0.1, -0.05) is 24.3 Å². The summed E-state index contributed by atoms with van der Waals surface area (Å²) in [5.41, 5.74) is 7.06. The van der Waals surface area contributed by atoms with Crippen LogP contribution in [0.5, 0.6) is 17.2 Å². The lowest BCUT2D eigenvalue weighted by Gasteiger charge is -2.35. The van der Waals surface area contributed by atoms with E-state index in [0.717, 1.165) is 68.0 Å². The van der Waals surface area contributed by atoms with Gasteiger partial charge >= 0.3 is 0 Å². The molecule has 0 spiro atoms. The van der Waals surface area contributed by atoms with Crippen LogP contribution in [0.15, 0.2) is 103 Å². The van der Waals surface area contributed by atoms with Crippen LogP contribution in [0, 0.1) is 6.92 Å². The fraction of sp³-hybridized carbons (Fsp3) is 0.273. The van der Waals surface area contributed by atoms with Crippen LogP contribution in [0.3, 0.4) is 0 Å². The van der Waals surface area contributed by atoms with Crippen molar-refractivity contribution in [2.75, 3.05) is 44.5 Å². The Morgan fingerprint density at radius 1 is 0.857 bits per heavy atom. The highest BCUT2D eigenvalue weighted by Gasteiger charge is 2.32. The molecule has 1 fully saturated rings. The molecule has 56 heavy (non-hydrogen) atoms. The number of aryl methyl sites for hydroxylation is 1. The van der Waals surface area contributed by atoms with Gasteiger partial charge in [0.1, 0.15) is 5.75 Å². The first-order valence-electron chi connectivity index (χ1n) is 18.8. The number of halogens is 1. The second-order valence-electron chi connectivity index (χ2n) is 14.6. The van der Waals surface area contributed by atoms with Crippen molar-refractivity contribution in [3.8, 4) is 22.9 Å². The summed E-state index contributed by atoms with van der Waals surface area (Å²) in [5.74, 6) is 0.792. The van der Waals surface area contributed by atoms with Crippen molar-refractivity contribution in [2.45, 2.75) is 39.4 Å². The summed E-state index contributed by atoms with van der Waals surface area (Å²) in [5, 5.41) is 11.2. The lowest BCUT2D eigenvalue weighted by atomic mass is 9.94. The van der Waals surface area contributed by atoms with Crippen LogP contribution in [0.2, 0.25) is 0 Å².